The van der Waals surface area contributed by atoms with Crippen LogP contribution in [0.1, 0.15) is 26.5 Å². The number of rotatable bonds is 2. The van der Waals surface area contributed by atoms with Crippen LogP contribution in [-0.2, 0) is 4.79 Å². The molecule has 0 radical (unpaired) electrons. The standard InChI is InChI=1S/C15H18FN3O/c1-9-12(17-14(20)15(2,3)4)13(19-18-9)10-5-7-11(16)8-6-10/h5-8H,1-4H3,(H,17,20)(H,18,19). The summed E-state index contributed by atoms with van der Waals surface area (Å²) >= 11 is 0. The van der Waals surface area contributed by atoms with Crippen molar-refractivity contribution < 1.29 is 9.18 Å². The third-order valence-electron chi connectivity index (χ3n) is 2.98. The molecule has 2 N–H and O–H groups in total. The molecule has 1 aromatic carbocycles. The topological polar surface area (TPSA) is 57.8 Å². The van der Waals surface area contributed by atoms with E-state index in [0.717, 1.165) is 11.3 Å². The van der Waals surface area contributed by atoms with E-state index >= 15 is 0 Å². The molecule has 0 saturated carbocycles. The second kappa shape index (κ2) is 5.07. The number of halogens is 1. The summed E-state index contributed by atoms with van der Waals surface area (Å²) in [6.45, 7) is 7.36. The number of aromatic amines is 1. The summed E-state index contributed by atoms with van der Waals surface area (Å²) in [4.78, 5) is 12.1. The van der Waals surface area contributed by atoms with Crippen molar-refractivity contribution in [2.45, 2.75) is 27.7 Å². The van der Waals surface area contributed by atoms with E-state index < -0.39 is 5.41 Å². The highest BCUT2D eigenvalue weighted by molar-refractivity contribution is 5.98. The number of aryl methyl sites for hydroxylation is 1. The SMILES string of the molecule is Cc1[nH]nc(-c2ccc(F)cc2)c1NC(=O)C(C)(C)C. The van der Waals surface area contributed by atoms with Crippen LogP contribution >= 0.6 is 0 Å². The van der Waals surface area contributed by atoms with Gasteiger partial charge in [-0.2, -0.15) is 5.10 Å². The normalized spacial score (nSPS) is 11.4. The van der Waals surface area contributed by atoms with Crippen LogP contribution in [0.3, 0.4) is 0 Å². The smallest absolute Gasteiger partial charge is 0.229 e. The summed E-state index contributed by atoms with van der Waals surface area (Å²) < 4.78 is 13.0. The second-order valence-electron chi connectivity index (χ2n) is 5.78. The summed E-state index contributed by atoms with van der Waals surface area (Å²) in [7, 11) is 0. The highest BCUT2D eigenvalue weighted by Gasteiger charge is 2.24. The minimum Gasteiger partial charge on any atom is -0.322 e. The van der Waals surface area contributed by atoms with Gasteiger partial charge in [0.2, 0.25) is 5.91 Å². The van der Waals surface area contributed by atoms with E-state index in [9.17, 15) is 9.18 Å². The molecule has 0 aliphatic rings. The number of hydrogen-bond acceptors (Lipinski definition) is 2. The third-order valence-corrected chi connectivity index (χ3v) is 2.98. The van der Waals surface area contributed by atoms with Crippen molar-refractivity contribution in [2.24, 2.45) is 5.41 Å². The van der Waals surface area contributed by atoms with Gasteiger partial charge in [-0.3, -0.25) is 9.89 Å². The van der Waals surface area contributed by atoms with Gasteiger partial charge in [0.05, 0.1) is 11.4 Å². The number of carbonyl (C=O) groups is 1. The number of benzene rings is 1. The van der Waals surface area contributed by atoms with Gasteiger partial charge in [0.25, 0.3) is 0 Å². The quantitative estimate of drug-likeness (QED) is 0.881. The van der Waals surface area contributed by atoms with Crippen molar-refractivity contribution in [3.05, 3.63) is 35.8 Å². The Morgan fingerprint density at radius 1 is 1.25 bits per heavy atom. The molecule has 0 fully saturated rings. The monoisotopic (exact) mass is 275 g/mol. The molecular weight excluding hydrogens is 257 g/mol. The van der Waals surface area contributed by atoms with E-state index in [1.807, 2.05) is 27.7 Å². The zero-order valence-electron chi connectivity index (χ0n) is 12.0. The lowest BCUT2D eigenvalue weighted by atomic mass is 9.95. The van der Waals surface area contributed by atoms with E-state index in [1.54, 1.807) is 12.1 Å². The summed E-state index contributed by atoms with van der Waals surface area (Å²) in [5, 5.41) is 9.92. The summed E-state index contributed by atoms with van der Waals surface area (Å²) in [6, 6.07) is 6.01. The third kappa shape index (κ3) is 2.87. The predicted octanol–water partition coefficient (Wildman–Crippen LogP) is 3.51. The van der Waals surface area contributed by atoms with Crippen molar-refractivity contribution in [3.63, 3.8) is 0 Å². The van der Waals surface area contributed by atoms with Crippen LogP contribution in [-0.4, -0.2) is 16.1 Å². The average molecular weight is 275 g/mol. The second-order valence-corrected chi connectivity index (χ2v) is 5.78. The summed E-state index contributed by atoms with van der Waals surface area (Å²) in [5.74, 6) is -0.397. The first-order valence-corrected chi connectivity index (χ1v) is 6.41. The van der Waals surface area contributed by atoms with E-state index in [4.69, 9.17) is 0 Å². The molecule has 0 aliphatic carbocycles. The maximum atomic E-state index is 13.0. The lowest BCUT2D eigenvalue weighted by Gasteiger charge is -2.18. The van der Waals surface area contributed by atoms with Crippen molar-refractivity contribution in [1.82, 2.24) is 10.2 Å². The van der Waals surface area contributed by atoms with Gasteiger partial charge < -0.3 is 5.32 Å². The lowest BCUT2D eigenvalue weighted by Crippen LogP contribution is -2.28. The first-order chi connectivity index (χ1) is 9.29. The minimum absolute atomic E-state index is 0.0923. The largest absolute Gasteiger partial charge is 0.322 e. The molecule has 0 saturated heterocycles. The van der Waals surface area contributed by atoms with Crippen LogP contribution < -0.4 is 5.32 Å². The molecule has 2 aromatic rings. The molecule has 1 aromatic heterocycles. The number of amides is 1. The molecule has 0 unspecified atom stereocenters. The fourth-order valence-electron chi connectivity index (χ4n) is 1.70. The predicted molar refractivity (Wildman–Crippen MR) is 76.8 cm³/mol. The van der Waals surface area contributed by atoms with E-state index in [2.05, 4.69) is 15.5 Å². The Balaban J connectivity index is 2.37. The average Bonchev–Trinajstić information content (AvgIpc) is 2.71. The Kier molecular flexibility index (Phi) is 3.61. The van der Waals surface area contributed by atoms with E-state index in [-0.39, 0.29) is 11.7 Å². The van der Waals surface area contributed by atoms with Crippen molar-refractivity contribution in [3.8, 4) is 11.3 Å². The van der Waals surface area contributed by atoms with Crippen molar-refractivity contribution >= 4 is 11.6 Å². The van der Waals surface area contributed by atoms with Crippen molar-refractivity contribution in [2.75, 3.05) is 5.32 Å². The van der Waals surface area contributed by atoms with Gasteiger partial charge in [0, 0.05) is 11.0 Å². The molecule has 0 atom stereocenters. The molecule has 5 heteroatoms. The van der Waals surface area contributed by atoms with Crippen LogP contribution in [0, 0.1) is 18.2 Å². The van der Waals surface area contributed by atoms with Crippen LogP contribution in [0.25, 0.3) is 11.3 Å². The van der Waals surface area contributed by atoms with Crippen LogP contribution in [0.5, 0.6) is 0 Å². The minimum atomic E-state index is -0.496. The van der Waals surface area contributed by atoms with E-state index in [0.29, 0.717) is 11.4 Å². The molecular formula is C15H18FN3O. The maximum absolute atomic E-state index is 13.0. The Bertz CT molecular complexity index is 624. The highest BCUT2D eigenvalue weighted by Crippen LogP contribution is 2.30. The Hall–Kier alpha value is -2.17. The molecule has 2 rings (SSSR count). The first-order valence-electron chi connectivity index (χ1n) is 6.41. The number of anilines is 1. The number of carbonyl (C=O) groups excluding carboxylic acids is 1. The lowest BCUT2D eigenvalue weighted by molar-refractivity contribution is -0.123. The number of nitrogens with zero attached hydrogens (tertiary/aromatic N) is 1. The number of H-pyrrole nitrogens is 1. The Labute approximate surface area is 117 Å². The van der Waals surface area contributed by atoms with Gasteiger partial charge in [0.1, 0.15) is 11.5 Å². The van der Waals surface area contributed by atoms with Crippen LogP contribution in [0.15, 0.2) is 24.3 Å². The molecule has 20 heavy (non-hydrogen) atoms. The van der Waals surface area contributed by atoms with Gasteiger partial charge in [-0.05, 0) is 31.2 Å². The Morgan fingerprint density at radius 2 is 1.85 bits per heavy atom. The van der Waals surface area contributed by atoms with Crippen molar-refractivity contribution in [1.29, 1.82) is 0 Å². The molecule has 0 aliphatic heterocycles. The van der Waals surface area contributed by atoms with Gasteiger partial charge >= 0.3 is 0 Å². The van der Waals surface area contributed by atoms with Gasteiger partial charge in [-0.1, -0.05) is 20.8 Å². The summed E-state index contributed by atoms with van der Waals surface area (Å²) in [6.07, 6.45) is 0. The zero-order valence-corrected chi connectivity index (χ0v) is 12.0. The molecule has 0 spiro atoms. The molecule has 0 bridgehead atoms. The van der Waals surface area contributed by atoms with Crippen LogP contribution in [0.4, 0.5) is 10.1 Å². The van der Waals surface area contributed by atoms with Gasteiger partial charge in [-0.25, -0.2) is 4.39 Å². The molecule has 1 amide bonds. The van der Waals surface area contributed by atoms with Crippen LogP contribution in [0.2, 0.25) is 0 Å². The molecule has 4 nitrogen and oxygen atoms in total. The number of aromatic nitrogens is 2. The zero-order chi connectivity index (χ0) is 14.9. The molecule has 1 heterocycles. The molecule has 106 valence electrons. The van der Waals surface area contributed by atoms with Gasteiger partial charge in [-0.15, -0.1) is 0 Å². The number of hydrogen-bond donors (Lipinski definition) is 2. The Morgan fingerprint density at radius 3 is 2.40 bits per heavy atom. The maximum Gasteiger partial charge on any atom is 0.229 e. The number of nitrogens with one attached hydrogen (secondary N) is 2. The fourth-order valence-corrected chi connectivity index (χ4v) is 1.70. The van der Waals surface area contributed by atoms with Gasteiger partial charge in [0.15, 0.2) is 0 Å². The van der Waals surface area contributed by atoms with E-state index in [1.165, 1.54) is 12.1 Å². The first kappa shape index (κ1) is 14.2. The highest BCUT2D eigenvalue weighted by atomic mass is 19.1. The summed E-state index contributed by atoms with van der Waals surface area (Å²) in [5.41, 5.74) is 2.27. The fraction of sp³-hybridized carbons (Fsp3) is 0.333.